The highest BCUT2D eigenvalue weighted by Crippen LogP contribution is 2.33. The van der Waals surface area contributed by atoms with Crippen LogP contribution < -0.4 is 4.90 Å². The molecule has 1 fully saturated rings. The minimum atomic E-state index is -0.153. The Bertz CT molecular complexity index is 403. The largest absolute Gasteiger partial charge is 0.371 e. The second kappa shape index (κ2) is 4.97. The fourth-order valence-electron chi connectivity index (χ4n) is 2.60. The molecule has 17 heavy (non-hydrogen) atoms. The van der Waals surface area contributed by atoms with E-state index >= 15 is 0 Å². The third kappa shape index (κ3) is 3.01. The Morgan fingerprint density at radius 1 is 1.41 bits per heavy atom. The van der Waals surface area contributed by atoms with Gasteiger partial charge in [-0.15, -0.1) is 0 Å². The number of rotatable bonds is 2. The van der Waals surface area contributed by atoms with Gasteiger partial charge < -0.3 is 4.90 Å². The van der Waals surface area contributed by atoms with Crippen LogP contribution in [0.5, 0.6) is 0 Å². The fourth-order valence-corrected chi connectivity index (χ4v) is 3.05. The summed E-state index contributed by atoms with van der Waals surface area (Å²) in [6.07, 6.45) is 2.49. The van der Waals surface area contributed by atoms with Gasteiger partial charge in [-0.2, -0.15) is 0 Å². The van der Waals surface area contributed by atoms with Crippen molar-refractivity contribution in [1.29, 1.82) is 0 Å². The highest BCUT2D eigenvalue weighted by Gasteiger charge is 2.27. The van der Waals surface area contributed by atoms with Crippen LogP contribution in [-0.4, -0.2) is 13.1 Å². The van der Waals surface area contributed by atoms with Crippen molar-refractivity contribution in [2.75, 3.05) is 18.0 Å². The van der Waals surface area contributed by atoms with Gasteiger partial charge in [0.15, 0.2) is 0 Å². The summed E-state index contributed by atoms with van der Waals surface area (Å²) in [4.78, 5) is 2.39. The number of hydrogen-bond acceptors (Lipinski definition) is 1. The molecule has 0 radical (unpaired) electrons. The van der Waals surface area contributed by atoms with Gasteiger partial charge in [-0.25, -0.2) is 4.39 Å². The van der Waals surface area contributed by atoms with E-state index in [1.165, 1.54) is 18.5 Å². The van der Waals surface area contributed by atoms with Crippen molar-refractivity contribution in [3.63, 3.8) is 0 Å². The third-order valence-electron chi connectivity index (χ3n) is 3.43. The molecular weight excluding hydrogens is 281 g/mol. The number of benzene rings is 1. The molecule has 0 unspecified atom stereocenters. The van der Waals surface area contributed by atoms with E-state index in [1.54, 1.807) is 12.1 Å². The molecule has 0 aliphatic carbocycles. The van der Waals surface area contributed by atoms with Crippen LogP contribution >= 0.6 is 15.9 Å². The fraction of sp³-hybridized carbons (Fsp3) is 0.571. The molecule has 1 heterocycles. The standard InChI is InChI=1S/C14H19BrFN/c1-14(2)6-3-7-17(10-14)13-5-4-12(16)8-11(13)9-15/h4-5,8H,3,6-7,9-10H2,1-2H3. The molecule has 1 aromatic rings. The number of anilines is 1. The quantitative estimate of drug-likeness (QED) is 0.734. The van der Waals surface area contributed by atoms with Gasteiger partial charge in [0, 0.05) is 24.1 Å². The zero-order valence-electron chi connectivity index (χ0n) is 10.5. The normalized spacial score (nSPS) is 19.4. The maximum absolute atomic E-state index is 13.2. The molecule has 1 aliphatic rings. The van der Waals surface area contributed by atoms with Crippen molar-refractivity contribution in [2.45, 2.75) is 32.0 Å². The Hall–Kier alpha value is -0.570. The van der Waals surface area contributed by atoms with Crippen LogP contribution in [-0.2, 0) is 5.33 Å². The van der Waals surface area contributed by atoms with Crippen molar-refractivity contribution in [1.82, 2.24) is 0 Å². The van der Waals surface area contributed by atoms with Gasteiger partial charge in [0.25, 0.3) is 0 Å². The Morgan fingerprint density at radius 2 is 2.18 bits per heavy atom. The molecule has 1 aromatic carbocycles. The predicted molar refractivity (Wildman–Crippen MR) is 74.3 cm³/mol. The molecule has 0 bridgehead atoms. The second-order valence-electron chi connectivity index (χ2n) is 5.60. The topological polar surface area (TPSA) is 3.24 Å². The molecule has 0 saturated carbocycles. The summed E-state index contributed by atoms with van der Waals surface area (Å²) in [5, 5.41) is 0.705. The third-order valence-corrected chi connectivity index (χ3v) is 4.03. The maximum Gasteiger partial charge on any atom is 0.123 e. The van der Waals surface area contributed by atoms with Crippen molar-refractivity contribution in [3.05, 3.63) is 29.6 Å². The molecular formula is C14H19BrFN. The molecule has 0 aromatic heterocycles. The predicted octanol–water partition coefficient (Wildman–Crippen LogP) is 4.35. The lowest BCUT2D eigenvalue weighted by atomic mass is 9.84. The molecule has 94 valence electrons. The van der Waals surface area contributed by atoms with Crippen LogP contribution in [0.2, 0.25) is 0 Å². The van der Waals surface area contributed by atoms with E-state index < -0.39 is 0 Å². The molecule has 2 rings (SSSR count). The molecule has 0 N–H and O–H groups in total. The Morgan fingerprint density at radius 3 is 2.82 bits per heavy atom. The van der Waals surface area contributed by atoms with E-state index in [1.807, 2.05) is 6.07 Å². The average Bonchev–Trinajstić information content (AvgIpc) is 2.27. The van der Waals surface area contributed by atoms with Gasteiger partial charge in [0.2, 0.25) is 0 Å². The van der Waals surface area contributed by atoms with Gasteiger partial charge in [-0.3, -0.25) is 0 Å². The molecule has 0 spiro atoms. The number of halogens is 2. The SMILES string of the molecule is CC1(C)CCCN(c2ccc(F)cc2CBr)C1. The van der Waals surface area contributed by atoms with E-state index in [0.717, 1.165) is 18.7 Å². The number of hydrogen-bond donors (Lipinski definition) is 0. The van der Waals surface area contributed by atoms with Crippen molar-refractivity contribution in [3.8, 4) is 0 Å². The second-order valence-corrected chi connectivity index (χ2v) is 6.16. The summed E-state index contributed by atoms with van der Waals surface area (Å²) >= 11 is 3.44. The van der Waals surface area contributed by atoms with Crippen LogP contribution in [0.3, 0.4) is 0 Å². The highest BCUT2D eigenvalue weighted by atomic mass is 79.9. The smallest absolute Gasteiger partial charge is 0.123 e. The summed E-state index contributed by atoms with van der Waals surface area (Å²) in [5.41, 5.74) is 2.58. The summed E-state index contributed by atoms with van der Waals surface area (Å²) in [7, 11) is 0. The summed E-state index contributed by atoms with van der Waals surface area (Å²) in [5.74, 6) is -0.153. The van der Waals surface area contributed by atoms with Crippen LogP contribution in [0, 0.1) is 11.2 Å². The first-order valence-corrected chi connectivity index (χ1v) is 7.23. The van der Waals surface area contributed by atoms with Crippen molar-refractivity contribution >= 4 is 21.6 Å². The van der Waals surface area contributed by atoms with Crippen molar-refractivity contribution < 1.29 is 4.39 Å². The zero-order chi connectivity index (χ0) is 12.5. The minimum absolute atomic E-state index is 0.153. The summed E-state index contributed by atoms with van der Waals surface area (Å²) < 4.78 is 13.2. The zero-order valence-corrected chi connectivity index (χ0v) is 12.1. The number of alkyl halides is 1. The molecule has 0 atom stereocenters. The molecule has 3 heteroatoms. The van der Waals surface area contributed by atoms with Crippen LogP contribution in [0.15, 0.2) is 18.2 Å². The summed E-state index contributed by atoms with van der Waals surface area (Å²) in [6.45, 7) is 6.74. The molecule has 0 amide bonds. The maximum atomic E-state index is 13.2. The molecule has 1 saturated heterocycles. The van der Waals surface area contributed by atoms with E-state index in [4.69, 9.17) is 0 Å². The van der Waals surface area contributed by atoms with Crippen LogP contribution in [0.25, 0.3) is 0 Å². The Kier molecular flexibility index (Phi) is 3.76. The first-order valence-electron chi connectivity index (χ1n) is 6.11. The van der Waals surface area contributed by atoms with E-state index in [-0.39, 0.29) is 5.82 Å². The Balaban J connectivity index is 2.27. The van der Waals surface area contributed by atoms with Gasteiger partial charge in [-0.1, -0.05) is 29.8 Å². The van der Waals surface area contributed by atoms with Crippen LogP contribution in [0.1, 0.15) is 32.3 Å². The van der Waals surface area contributed by atoms with E-state index in [2.05, 4.69) is 34.7 Å². The van der Waals surface area contributed by atoms with Gasteiger partial charge in [0.1, 0.15) is 5.82 Å². The first-order chi connectivity index (χ1) is 8.02. The Labute approximate surface area is 111 Å². The molecule has 1 aliphatic heterocycles. The minimum Gasteiger partial charge on any atom is -0.371 e. The first kappa shape index (κ1) is 12.9. The van der Waals surface area contributed by atoms with Crippen LogP contribution in [0.4, 0.5) is 10.1 Å². The lowest BCUT2D eigenvalue weighted by Gasteiger charge is -2.40. The number of piperidine rings is 1. The van der Waals surface area contributed by atoms with E-state index in [0.29, 0.717) is 10.7 Å². The monoisotopic (exact) mass is 299 g/mol. The average molecular weight is 300 g/mol. The van der Waals surface area contributed by atoms with Crippen molar-refractivity contribution in [2.24, 2.45) is 5.41 Å². The summed E-state index contributed by atoms with van der Waals surface area (Å²) in [6, 6.07) is 5.10. The number of nitrogens with zero attached hydrogens (tertiary/aromatic N) is 1. The van der Waals surface area contributed by atoms with Gasteiger partial charge >= 0.3 is 0 Å². The molecule has 1 nitrogen and oxygen atoms in total. The highest BCUT2D eigenvalue weighted by molar-refractivity contribution is 9.08. The lowest BCUT2D eigenvalue weighted by Crippen LogP contribution is -2.40. The van der Waals surface area contributed by atoms with E-state index in [9.17, 15) is 4.39 Å². The van der Waals surface area contributed by atoms with Gasteiger partial charge in [-0.05, 0) is 42.0 Å². The van der Waals surface area contributed by atoms with Gasteiger partial charge in [0.05, 0.1) is 0 Å². The lowest BCUT2D eigenvalue weighted by molar-refractivity contribution is 0.293.